The zero-order chi connectivity index (χ0) is 33.2. The van der Waals surface area contributed by atoms with Crippen molar-refractivity contribution in [2.24, 2.45) is 17.6 Å². The average molecular weight is 733 g/mol. The molecule has 0 aromatic heterocycles. The van der Waals surface area contributed by atoms with Crippen molar-refractivity contribution in [3.05, 3.63) is 33.4 Å². The first-order valence-corrected chi connectivity index (χ1v) is 15.7. The number of carbonyl (C=O) groups is 6. The Hall–Kier alpha value is -3.47. The van der Waals surface area contributed by atoms with Crippen molar-refractivity contribution in [1.29, 1.82) is 0 Å². The molecular formula is C29H42IN5O9. The Morgan fingerprint density at radius 2 is 1.70 bits per heavy atom. The number of nitrogens with one attached hydrogen (secondary N) is 4. The van der Waals surface area contributed by atoms with E-state index in [0.29, 0.717) is 44.6 Å². The summed E-state index contributed by atoms with van der Waals surface area (Å²) in [6.45, 7) is 0.985. The van der Waals surface area contributed by atoms with Gasteiger partial charge in [0.15, 0.2) is 6.23 Å². The number of hydrogen-bond acceptors (Lipinski definition) is 8. The molecule has 0 saturated heterocycles. The summed E-state index contributed by atoms with van der Waals surface area (Å²) in [4.78, 5) is 71.5. The summed E-state index contributed by atoms with van der Waals surface area (Å²) in [5.41, 5.74) is 3.34. The van der Waals surface area contributed by atoms with E-state index in [1.165, 1.54) is 0 Å². The Kier molecular flexibility index (Phi) is 15.7. The Balaban J connectivity index is 1.87. The zero-order valence-corrected chi connectivity index (χ0v) is 26.5. The molecule has 1 saturated carbocycles. The van der Waals surface area contributed by atoms with Crippen molar-refractivity contribution >= 4 is 58.8 Å². The highest BCUT2D eigenvalue weighted by molar-refractivity contribution is 14.1. The third-order valence-electron chi connectivity index (χ3n) is 7.45. The Morgan fingerprint density at radius 3 is 2.32 bits per heavy atom. The number of hydrogen-bond donors (Lipinski definition) is 7. The highest BCUT2D eigenvalue weighted by Gasteiger charge is 2.29. The minimum absolute atomic E-state index is 0.141. The number of urea groups is 1. The molecule has 2 rings (SSSR count). The molecule has 3 atom stereocenters. The van der Waals surface area contributed by atoms with E-state index in [0.717, 1.165) is 22.0 Å². The topological polar surface area (TPSA) is 226 Å². The van der Waals surface area contributed by atoms with Crippen LogP contribution in [0.25, 0.3) is 0 Å². The molecule has 0 spiro atoms. The maximum atomic E-state index is 13.2. The SMILES string of the molecule is [2H]NCC1CCC(C(=O)N[C@@H](Cc2ccc(I)cc2)C(=O)NCCCC[C@H](NC(=O)N[C@@H](CCC(=O)O)C(=O)O)OC=O)CC1. The van der Waals surface area contributed by atoms with Crippen LogP contribution >= 0.6 is 22.6 Å². The van der Waals surface area contributed by atoms with E-state index in [2.05, 4.69) is 49.6 Å². The highest BCUT2D eigenvalue weighted by Crippen LogP contribution is 2.28. The molecule has 1 aliphatic rings. The molecule has 15 heteroatoms. The predicted octanol–water partition coefficient (Wildman–Crippen LogP) is 1.49. The van der Waals surface area contributed by atoms with E-state index in [1.807, 2.05) is 24.3 Å². The van der Waals surface area contributed by atoms with Crippen LogP contribution in [0.2, 0.25) is 1.41 Å². The van der Waals surface area contributed by atoms with E-state index in [1.54, 1.807) is 0 Å². The molecule has 1 aliphatic carbocycles. The Bertz CT molecular complexity index is 1140. The third kappa shape index (κ3) is 13.9. The van der Waals surface area contributed by atoms with Gasteiger partial charge < -0.3 is 41.9 Å². The second kappa shape index (κ2) is 19.7. The second-order valence-corrected chi connectivity index (χ2v) is 12.0. The molecule has 8 N–H and O–H groups in total. The highest BCUT2D eigenvalue weighted by atomic mass is 127. The summed E-state index contributed by atoms with van der Waals surface area (Å²) in [5, 5.41) is 28.2. The molecule has 4 amide bonds. The van der Waals surface area contributed by atoms with Gasteiger partial charge in [-0.1, -0.05) is 12.1 Å². The molecule has 0 bridgehead atoms. The van der Waals surface area contributed by atoms with Crippen molar-refractivity contribution in [1.82, 2.24) is 21.3 Å². The summed E-state index contributed by atoms with van der Waals surface area (Å²) < 4.78 is 13.1. The van der Waals surface area contributed by atoms with Gasteiger partial charge in [-0.25, -0.2) is 9.59 Å². The van der Waals surface area contributed by atoms with Gasteiger partial charge in [0.2, 0.25) is 11.8 Å². The molecule has 1 aromatic rings. The van der Waals surface area contributed by atoms with Gasteiger partial charge in [0, 0.05) is 35.3 Å². The van der Waals surface area contributed by atoms with Gasteiger partial charge in [0.25, 0.3) is 6.47 Å². The van der Waals surface area contributed by atoms with Crippen molar-refractivity contribution in [3.63, 3.8) is 0 Å². The molecule has 0 heterocycles. The minimum Gasteiger partial charge on any atom is -0.481 e. The quantitative estimate of drug-likeness (QED) is 0.0443. The van der Waals surface area contributed by atoms with Gasteiger partial charge >= 0.3 is 18.0 Å². The first kappa shape index (κ1) is 35.0. The van der Waals surface area contributed by atoms with Crippen LogP contribution in [0.1, 0.15) is 63.4 Å². The fourth-order valence-corrected chi connectivity index (χ4v) is 5.25. The number of amides is 4. The molecule has 0 radical (unpaired) electrons. The van der Waals surface area contributed by atoms with Gasteiger partial charge in [-0.2, -0.15) is 0 Å². The number of rotatable bonds is 20. The zero-order valence-electron chi connectivity index (χ0n) is 25.4. The summed E-state index contributed by atoms with van der Waals surface area (Å²) >= 11 is 2.19. The standard InChI is InChI=1S/C29H42IN5O9/c30-21-10-6-18(7-11-21)15-23(33-26(39)20-8-4-19(16-31)5-9-20)27(40)32-14-2-1-3-24(44-17-36)35-29(43)34-22(28(41)42)12-13-25(37)38/h6-7,10-11,17,19-20,22-24H,1-5,8-9,12-16,31H2,(H,32,40)(H,33,39)(H,37,38)(H,41,42)(H2,34,35,43)/t19?,20?,22-,23-,24+/m0/s1/i/hD. The smallest absolute Gasteiger partial charge is 0.326 e. The minimum atomic E-state index is -1.44. The first-order valence-electron chi connectivity index (χ1n) is 15.1. The van der Waals surface area contributed by atoms with Crippen LogP contribution in [0, 0.1) is 15.4 Å². The lowest BCUT2D eigenvalue weighted by Gasteiger charge is -2.28. The van der Waals surface area contributed by atoms with Crippen molar-refractivity contribution in [2.45, 2.75) is 82.5 Å². The van der Waals surface area contributed by atoms with E-state index in [9.17, 15) is 33.9 Å². The molecule has 14 nitrogen and oxygen atoms in total. The molecule has 0 unspecified atom stereocenters. The molecule has 0 aliphatic heterocycles. The first-order chi connectivity index (χ1) is 21.5. The lowest BCUT2D eigenvalue weighted by molar-refractivity contribution is -0.141. The lowest BCUT2D eigenvalue weighted by atomic mass is 9.81. The van der Waals surface area contributed by atoms with Crippen LogP contribution in [0.4, 0.5) is 4.79 Å². The average Bonchev–Trinajstić information content (AvgIpc) is 3.00. The molecule has 44 heavy (non-hydrogen) atoms. The van der Waals surface area contributed by atoms with Crippen molar-refractivity contribution in [2.75, 3.05) is 13.1 Å². The fourth-order valence-electron chi connectivity index (χ4n) is 4.89. The predicted molar refractivity (Wildman–Crippen MR) is 167 cm³/mol. The summed E-state index contributed by atoms with van der Waals surface area (Å²) in [6.07, 6.45) is 2.55. The van der Waals surface area contributed by atoms with Crippen LogP contribution in [0.15, 0.2) is 24.3 Å². The van der Waals surface area contributed by atoms with Gasteiger partial charge in [0.1, 0.15) is 13.5 Å². The maximum Gasteiger partial charge on any atom is 0.326 e. The van der Waals surface area contributed by atoms with Gasteiger partial charge in [-0.15, -0.1) is 0 Å². The number of aliphatic carboxylic acids is 2. The Morgan fingerprint density at radius 1 is 1.00 bits per heavy atom. The summed E-state index contributed by atoms with van der Waals surface area (Å²) in [6, 6.07) is 4.51. The second-order valence-electron chi connectivity index (χ2n) is 10.8. The number of halogens is 1. The number of benzene rings is 1. The molecule has 244 valence electrons. The summed E-state index contributed by atoms with van der Waals surface area (Å²) in [7, 11) is 0. The van der Waals surface area contributed by atoms with Crippen LogP contribution in [-0.4, -0.2) is 77.9 Å². The molecule has 1 fully saturated rings. The van der Waals surface area contributed by atoms with E-state index in [4.69, 9.17) is 11.3 Å². The number of carboxylic acid groups (broad SMARTS) is 2. The van der Waals surface area contributed by atoms with Gasteiger partial charge in [-0.05, 0) is 97.7 Å². The summed E-state index contributed by atoms with van der Waals surface area (Å²) in [5.74, 6) is -2.95. The number of ether oxygens (including phenoxy) is 1. The maximum absolute atomic E-state index is 13.2. The van der Waals surface area contributed by atoms with E-state index in [-0.39, 0.29) is 43.6 Å². The fraction of sp³-hybridized carbons (Fsp3) is 0.586. The third-order valence-corrected chi connectivity index (χ3v) is 8.17. The normalized spacial score (nSPS) is 18.4. The number of unbranched alkanes of at least 4 members (excludes halogenated alkanes) is 1. The van der Waals surface area contributed by atoms with Crippen LogP contribution in [0.5, 0.6) is 0 Å². The van der Waals surface area contributed by atoms with E-state index >= 15 is 0 Å². The van der Waals surface area contributed by atoms with Crippen molar-refractivity contribution < 1.29 is 45.1 Å². The molecule has 1 aromatic carbocycles. The largest absolute Gasteiger partial charge is 0.481 e. The monoisotopic (exact) mass is 732 g/mol. The van der Waals surface area contributed by atoms with Crippen LogP contribution < -0.4 is 27.0 Å². The van der Waals surface area contributed by atoms with E-state index < -0.39 is 42.7 Å². The number of carboxylic acids is 2. The van der Waals surface area contributed by atoms with Crippen molar-refractivity contribution in [3.8, 4) is 0 Å². The van der Waals surface area contributed by atoms with Crippen LogP contribution in [-0.2, 0) is 35.1 Å². The van der Waals surface area contributed by atoms with Crippen LogP contribution in [0.3, 0.4) is 0 Å². The number of nitrogens with two attached hydrogens (primary N) is 1. The lowest BCUT2D eigenvalue weighted by Crippen LogP contribution is -2.50. The Labute approximate surface area is 271 Å². The van der Waals surface area contributed by atoms with Gasteiger partial charge in [0.05, 0.1) is 0 Å². The number of carbonyl (C=O) groups excluding carboxylic acids is 4. The molecular weight excluding hydrogens is 689 g/mol. The van der Waals surface area contributed by atoms with Gasteiger partial charge in [-0.3, -0.25) is 19.2 Å².